The summed E-state index contributed by atoms with van der Waals surface area (Å²) in [6.45, 7) is 7.70. The molecule has 0 aliphatic heterocycles. The van der Waals surface area contributed by atoms with Crippen molar-refractivity contribution in [2.75, 3.05) is 15.9 Å². The lowest BCUT2D eigenvalue weighted by atomic mass is 9.98. The molecule has 0 saturated carbocycles. The van der Waals surface area contributed by atoms with Crippen molar-refractivity contribution in [3.05, 3.63) is 59.4 Å². The van der Waals surface area contributed by atoms with Crippen molar-refractivity contribution in [3.63, 3.8) is 0 Å². The van der Waals surface area contributed by atoms with Gasteiger partial charge in [-0.1, -0.05) is 39.0 Å². The summed E-state index contributed by atoms with van der Waals surface area (Å²) in [4.78, 5) is 13.1. The van der Waals surface area contributed by atoms with Crippen LogP contribution in [-0.4, -0.2) is 26.6 Å². The van der Waals surface area contributed by atoms with E-state index in [1.807, 2.05) is 39.0 Å². The van der Waals surface area contributed by atoms with E-state index in [0.29, 0.717) is 5.69 Å². The Bertz CT molecular complexity index is 941. The Hall–Kier alpha value is -2.41. The number of nitrogens with one attached hydrogen (secondary N) is 1. The van der Waals surface area contributed by atoms with Gasteiger partial charge in [0.2, 0.25) is 15.9 Å². The second kappa shape index (κ2) is 8.73. The maximum absolute atomic E-state index is 13.3. The van der Waals surface area contributed by atoms with Crippen LogP contribution in [-0.2, 0) is 14.8 Å². The molecule has 0 spiro atoms. The third-order valence-electron chi connectivity index (χ3n) is 4.59. The number of amides is 1. The third-order valence-corrected chi connectivity index (χ3v) is 5.77. The van der Waals surface area contributed by atoms with Gasteiger partial charge in [0.05, 0.1) is 11.9 Å². The van der Waals surface area contributed by atoms with Crippen molar-refractivity contribution in [1.29, 1.82) is 0 Å². The number of benzene rings is 2. The van der Waals surface area contributed by atoms with Crippen LogP contribution in [0.2, 0.25) is 0 Å². The Balaban J connectivity index is 2.45. The zero-order chi connectivity index (χ0) is 21.1. The van der Waals surface area contributed by atoms with Gasteiger partial charge in [0.15, 0.2) is 0 Å². The lowest BCUT2D eigenvalue weighted by molar-refractivity contribution is -0.117. The Labute approximate surface area is 166 Å². The maximum Gasteiger partial charge on any atom is 0.248 e. The molecule has 0 aliphatic carbocycles. The zero-order valence-electron chi connectivity index (χ0n) is 16.9. The summed E-state index contributed by atoms with van der Waals surface area (Å²) < 4.78 is 39.3. The Kier molecular flexibility index (Phi) is 6.82. The largest absolute Gasteiger partial charge is 0.324 e. The lowest BCUT2D eigenvalue weighted by Gasteiger charge is -2.30. The predicted molar refractivity (Wildman–Crippen MR) is 112 cm³/mol. The molecular weight excluding hydrogens is 379 g/mol. The number of nitrogens with zero attached hydrogens (tertiary/aromatic N) is 1. The summed E-state index contributed by atoms with van der Waals surface area (Å²) in [5.74, 6) is -0.706. The molecule has 0 aromatic heterocycles. The molecule has 0 radical (unpaired) electrons. The van der Waals surface area contributed by atoms with Gasteiger partial charge < -0.3 is 5.32 Å². The monoisotopic (exact) mass is 406 g/mol. The topological polar surface area (TPSA) is 66.5 Å². The van der Waals surface area contributed by atoms with E-state index >= 15 is 0 Å². The summed E-state index contributed by atoms with van der Waals surface area (Å²) in [6.07, 6.45) is 1.30. The van der Waals surface area contributed by atoms with Gasteiger partial charge >= 0.3 is 0 Å². The first-order chi connectivity index (χ1) is 13.1. The van der Waals surface area contributed by atoms with Gasteiger partial charge in [-0.05, 0) is 54.7 Å². The number of halogens is 1. The van der Waals surface area contributed by atoms with Crippen LogP contribution in [0.3, 0.4) is 0 Å². The Morgan fingerprint density at radius 1 is 1.14 bits per heavy atom. The van der Waals surface area contributed by atoms with Gasteiger partial charge in [0.25, 0.3) is 0 Å². The number of carbonyl (C=O) groups is 1. The minimum absolute atomic E-state index is 0.193. The molecule has 1 atom stereocenters. The molecule has 0 heterocycles. The fourth-order valence-corrected chi connectivity index (χ4v) is 4.41. The first-order valence-corrected chi connectivity index (χ1v) is 11.1. The van der Waals surface area contributed by atoms with E-state index in [1.54, 1.807) is 6.92 Å². The second-order valence-electron chi connectivity index (χ2n) is 7.14. The van der Waals surface area contributed by atoms with Crippen LogP contribution in [0, 0.1) is 12.7 Å². The van der Waals surface area contributed by atoms with E-state index in [9.17, 15) is 17.6 Å². The highest BCUT2D eigenvalue weighted by atomic mass is 32.2. The van der Waals surface area contributed by atoms with E-state index in [2.05, 4.69) is 5.32 Å². The molecule has 2 aromatic carbocycles. The molecular formula is C21H27FN2O3S. The van der Waals surface area contributed by atoms with Gasteiger partial charge in [-0.3, -0.25) is 9.10 Å². The van der Waals surface area contributed by atoms with Gasteiger partial charge in [-0.15, -0.1) is 0 Å². The van der Waals surface area contributed by atoms with E-state index < -0.39 is 27.8 Å². The van der Waals surface area contributed by atoms with E-state index in [0.717, 1.165) is 21.7 Å². The SMILES string of the molecule is CC[C@@H](C(=O)Nc1c(C)cccc1C(C)C)N(c1ccc(F)cc1)S(C)(=O)=O. The van der Waals surface area contributed by atoms with Gasteiger partial charge in [-0.2, -0.15) is 0 Å². The maximum atomic E-state index is 13.3. The normalized spacial score (nSPS) is 12.7. The molecule has 0 saturated heterocycles. The third kappa shape index (κ3) is 4.90. The van der Waals surface area contributed by atoms with Crippen LogP contribution in [0.4, 0.5) is 15.8 Å². The molecule has 0 aliphatic rings. The number of hydrogen-bond acceptors (Lipinski definition) is 3. The molecule has 0 fully saturated rings. The first kappa shape index (κ1) is 21.9. The second-order valence-corrected chi connectivity index (χ2v) is 9.00. The summed E-state index contributed by atoms with van der Waals surface area (Å²) in [5.41, 5.74) is 2.84. The van der Waals surface area contributed by atoms with Crippen LogP contribution in [0.5, 0.6) is 0 Å². The molecule has 2 aromatic rings. The highest BCUT2D eigenvalue weighted by molar-refractivity contribution is 7.92. The van der Waals surface area contributed by atoms with Crippen molar-refractivity contribution in [2.24, 2.45) is 0 Å². The van der Waals surface area contributed by atoms with Crippen molar-refractivity contribution in [1.82, 2.24) is 0 Å². The molecule has 152 valence electrons. The molecule has 1 amide bonds. The highest BCUT2D eigenvalue weighted by Gasteiger charge is 2.32. The van der Waals surface area contributed by atoms with Crippen molar-refractivity contribution in [3.8, 4) is 0 Å². The fraction of sp³-hybridized carbons (Fsp3) is 0.381. The molecule has 0 bridgehead atoms. The molecule has 0 unspecified atom stereocenters. The van der Waals surface area contributed by atoms with E-state index in [4.69, 9.17) is 0 Å². The average molecular weight is 407 g/mol. The van der Waals surface area contributed by atoms with Gasteiger partial charge in [-0.25, -0.2) is 12.8 Å². The minimum Gasteiger partial charge on any atom is -0.324 e. The van der Waals surface area contributed by atoms with Crippen LogP contribution >= 0.6 is 0 Å². The summed E-state index contributed by atoms with van der Waals surface area (Å²) in [6, 6.07) is 9.89. The number of aryl methyl sites for hydroxylation is 1. The highest BCUT2D eigenvalue weighted by Crippen LogP contribution is 2.29. The van der Waals surface area contributed by atoms with Crippen LogP contribution < -0.4 is 9.62 Å². The Morgan fingerprint density at radius 3 is 2.25 bits per heavy atom. The molecule has 2 rings (SSSR count). The Morgan fingerprint density at radius 2 is 1.75 bits per heavy atom. The van der Waals surface area contributed by atoms with E-state index in [-0.39, 0.29) is 18.0 Å². The first-order valence-electron chi connectivity index (χ1n) is 9.21. The number of para-hydroxylation sites is 1. The van der Waals surface area contributed by atoms with Crippen LogP contribution in [0.1, 0.15) is 44.2 Å². The van der Waals surface area contributed by atoms with Crippen molar-refractivity contribution >= 4 is 27.3 Å². The number of carbonyl (C=O) groups excluding carboxylic acids is 1. The molecule has 5 nitrogen and oxygen atoms in total. The summed E-state index contributed by atoms with van der Waals surface area (Å²) >= 11 is 0. The van der Waals surface area contributed by atoms with Crippen molar-refractivity contribution < 1.29 is 17.6 Å². The predicted octanol–water partition coefficient (Wildman–Crippen LogP) is 4.44. The fourth-order valence-electron chi connectivity index (χ4n) is 3.20. The number of sulfonamides is 1. The summed E-state index contributed by atoms with van der Waals surface area (Å²) in [7, 11) is -3.77. The van der Waals surface area contributed by atoms with Gasteiger partial charge in [0, 0.05) is 5.69 Å². The smallest absolute Gasteiger partial charge is 0.248 e. The quantitative estimate of drug-likeness (QED) is 0.739. The average Bonchev–Trinajstić information content (AvgIpc) is 2.61. The molecule has 28 heavy (non-hydrogen) atoms. The van der Waals surface area contributed by atoms with Gasteiger partial charge in [0.1, 0.15) is 11.9 Å². The van der Waals surface area contributed by atoms with Crippen LogP contribution in [0.15, 0.2) is 42.5 Å². The number of rotatable bonds is 7. The van der Waals surface area contributed by atoms with Crippen molar-refractivity contribution in [2.45, 2.75) is 46.1 Å². The number of hydrogen-bond donors (Lipinski definition) is 1. The standard InChI is InChI=1S/C21H27FN2O3S/c1-6-19(24(28(5,26)27)17-12-10-16(22)11-13-17)21(25)23-20-15(4)8-7-9-18(20)14(2)3/h7-14,19H,6H2,1-5H3,(H,23,25)/t19-/m0/s1. The van der Waals surface area contributed by atoms with Crippen LogP contribution in [0.25, 0.3) is 0 Å². The summed E-state index contributed by atoms with van der Waals surface area (Å²) in [5, 5.41) is 2.93. The minimum atomic E-state index is -3.77. The molecule has 1 N–H and O–H groups in total. The zero-order valence-corrected chi connectivity index (χ0v) is 17.7. The van der Waals surface area contributed by atoms with E-state index in [1.165, 1.54) is 24.3 Å². The number of anilines is 2. The lowest BCUT2D eigenvalue weighted by Crippen LogP contribution is -2.47. The molecule has 7 heteroatoms.